The highest BCUT2D eigenvalue weighted by atomic mass is 35.5. The molecule has 10 N–H and O–H groups in total. The van der Waals surface area contributed by atoms with Crippen LogP contribution in [-0.4, -0.2) is 112 Å². The number of unbranched alkanes of at least 4 members (excludes halogenated alkanes) is 1. The third-order valence-electron chi connectivity index (χ3n) is 11.4. The fraction of sp³-hybridized carbons (Fsp3) is 0.340. The summed E-state index contributed by atoms with van der Waals surface area (Å²) in [6.07, 6.45) is 0.996. The number of halogens is 1. The third kappa shape index (κ3) is 12.0. The van der Waals surface area contributed by atoms with Gasteiger partial charge in [-0.3, -0.25) is 33.6 Å². The number of hydrogen-bond acceptors (Lipinski definition) is 10. The Kier molecular flexibility index (Phi) is 16.3. The predicted octanol–water partition coefficient (Wildman–Crippen LogP) is 2.89. The molecule has 1 aliphatic heterocycles. The highest BCUT2D eigenvalue weighted by Crippen LogP contribution is 2.39. The molecule has 1 aliphatic rings. The van der Waals surface area contributed by atoms with Crippen molar-refractivity contribution < 1.29 is 43.8 Å². The van der Waals surface area contributed by atoms with Gasteiger partial charge in [0.2, 0.25) is 35.4 Å². The minimum atomic E-state index is -1.47. The van der Waals surface area contributed by atoms with Gasteiger partial charge in [-0.1, -0.05) is 48.0 Å². The van der Waals surface area contributed by atoms with Gasteiger partial charge < -0.3 is 52.7 Å². The second-order valence-electron chi connectivity index (χ2n) is 16.1. The van der Waals surface area contributed by atoms with Crippen molar-refractivity contribution in [3.05, 3.63) is 107 Å². The standard InChI is InChI=1S/C47H55ClN8O9/c1-25-42(60)54-37(44(62)52-26(2)46(64)55(4)27(3)41(50)59)23-28-9-19-38(57)34(22-28)35-24-32(16-20-39(35)58)40(45(63)51-25)56(5)47(65)36(8-6-7-21-49)53-43(61)31-12-10-29(11-13-31)30-14-17-33(48)18-15-30/h9-20,22,24-27,36-37,40,57-58H,6-8,21,23,49H2,1-5H3,(H2,50,59)(H,51,63)(H,52,62)(H,53,61)(H,54,60)/t25-,26-,27-,36-,37-,40-/m0/s1. The number of carbonyl (C=O) groups is 7. The molecule has 65 heavy (non-hydrogen) atoms. The van der Waals surface area contributed by atoms with Crippen molar-refractivity contribution in [2.24, 2.45) is 11.5 Å². The first-order valence-corrected chi connectivity index (χ1v) is 21.4. The van der Waals surface area contributed by atoms with Crippen LogP contribution in [0.25, 0.3) is 22.3 Å². The van der Waals surface area contributed by atoms with Crippen LogP contribution in [0, 0.1) is 0 Å². The molecule has 0 unspecified atom stereocenters. The fourth-order valence-corrected chi connectivity index (χ4v) is 7.53. The number of nitrogens with one attached hydrogen (secondary N) is 4. The van der Waals surface area contributed by atoms with Crippen LogP contribution in [0.3, 0.4) is 0 Å². The molecular weight excluding hydrogens is 856 g/mol. The van der Waals surface area contributed by atoms with Crippen LogP contribution in [0.5, 0.6) is 11.5 Å². The zero-order valence-corrected chi connectivity index (χ0v) is 37.5. The van der Waals surface area contributed by atoms with E-state index in [4.69, 9.17) is 23.1 Å². The van der Waals surface area contributed by atoms with Crippen molar-refractivity contribution in [2.75, 3.05) is 20.6 Å². The Morgan fingerprint density at radius 1 is 0.800 bits per heavy atom. The van der Waals surface area contributed by atoms with Crippen LogP contribution in [0.1, 0.15) is 67.6 Å². The Balaban J connectivity index is 1.48. The molecule has 6 atom stereocenters. The number of nitrogens with zero attached hydrogens (tertiary/aromatic N) is 2. The maximum atomic E-state index is 14.6. The highest BCUT2D eigenvalue weighted by Gasteiger charge is 2.36. The molecule has 344 valence electrons. The highest BCUT2D eigenvalue weighted by molar-refractivity contribution is 6.30. The topological polar surface area (TPSA) is 267 Å². The third-order valence-corrected chi connectivity index (χ3v) is 11.7. The normalized spacial score (nSPS) is 17.5. The molecule has 5 rings (SSSR count). The zero-order valence-electron chi connectivity index (χ0n) is 36.8. The van der Waals surface area contributed by atoms with Crippen molar-refractivity contribution in [1.82, 2.24) is 31.1 Å². The lowest BCUT2D eigenvalue weighted by Gasteiger charge is -2.32. The largest absolute Gasteiger partial charge is 0.507 e. The molecule has 1 heterocycles. The number of phenolic OH excluding ortho intramolecular Hbond substituents is 2. The summed E-state index contributed by atoms with van der Waals surface area (Å²) in [5, 5.41) is 33.6. The van der Waals surface area contributed by atoms with E-state index in [0.717, 1.165) is 20.9 Å². The summed E-state index contributed by atoms with van der Waals surface area (Å²) in [7, 11) is 2.73. The van der Waals surface area contributed by atoms with Gasteiger partial charge in [-0.05, 0) is 117 Å². The van der Waals surface area contributed by atoms with Gasteiger partial charge in [0.25, 0.3) is 5.91 Å². The summed E-state index contributed by atoms with van der Waals surface area (Å²) < 4.78 is 0. The number of rotatable bonds is 14. The van der Waals surface area contributed by atoms with Gasteiger partial charge in [0.15, 0.2) is 0 Å². The lowest BCUT2D eigenvalue weighted by Crippen LogP contribution is -2.58. The minimum Gasteiger partial charge on any atom is -0.507 e. The smallest absolute Gasteiger partial charge is 0.251 e. The molecule has 0 saturated heterocycles. The Bertz CT molecular complexity index is 2430. The molecule has 4 bridgehead atoms. The molecular formula is C47H55ClN8O9. The second-order valence-corrected chi connectivity index (χ2v) is 16.6. The molecule has 0 fully saturated rings. The molecule has 7 amide bonds. The lowest BCUT2D eigenvalue weighted by molar-refractivity contribution is -0.142. The summed E-state index contributed by atoms with van der Waals surface area (Å²) in [5.41, 5.74) is 14.0. The number of primary amides is 1. The average Bonchev–Trinajstić information content (AvgIpc) is 3.28. The number of likely N-dealkylation sites (N-methyl/N-ethyl adjacent to an activating group) is 2. The molecule has 0 aliphatic carbocycles. The Morgan fingerprint density at radius 2 is 1.40 bits per heavy atom. The molecule has 17 nitrogen and oxygen atoms in total. The average molecular weight is 911 g/mol. The van der Waals surface area contributed by atoms with Crippen LogP contribution in [0.2, 0.25) is 5.02 Å². The van der Waals surface area contributed by atoms with E-state index in [1.165, 1.54) is 71.3 Å². The van der Waals surface area contributed by atoms with Crippen molar-refractivity contribution in [3.63, 3.8) is 0 Å². The van der Waals surface area contributed by atoms with Crippen LogP contribution in [-0.2, 0) is 35.2 Å². The van der Waals surface area contributed by atoms with E-state index in [-0.39, 0.29) is 46.6 Å². The number of aromatic hydroxyl groups is 2. The number of hydrogen-bond donors (Lipinski definition) is 8. The van der Waals surface area contributed by atoms with E-state index in [0.29, 0.717) is 30.0 Å². The van der Waals surface area contributed by atoms with E-state index in [1.807, 2.05) is 12.1 Å². The van der Waals surface area contributed by atoms with Crippen LogP contribution in [0.15, 0.2) is 84.9 Å². The molecule has 0 radical (unpaired) electrons. The van der Waals surface area contributed by atoms with E-state index in [9.17, 15) is 43.8 Å². The van der Waals surface area contributed by atoms with Crippen molar-refractivity contribution in [3.8, 4) is 33.8 Å². The fourth-order valence-electron chi connectivity index (χ4n) is 7.40. The van der Waals surface area contributed by atoms with Gasteiger partial charge in [0, 0.05) is 42.2 Å². The van der Waals surface area contributed by atoms with Gasteiger partial charge >= 0.3 is 0 Å². The molecule has 0 aromatic heterocycles. The summed E-state index contributed by atoms with van der Waals surface area (Å²) in [6, 6.07) is 15.2. The maximum Gasteiger partial charge on any atom is 0.251 e. The number of phenols is 2. The number of amides is 7. The van der Waals surface area contributed by atoms with E-state index >= 15 is 0 Å². The van der Waals surface area contributed by atoms with Crippen LogP contribution in [0.4, 0.5) is 0 Å². The van der Waals surface area contributed by atoms with Gasteiger partial charge in [-0.15, -0.1) is 0 Å². The Morgan fingerprint density at radius 3 is 2.02 bits per heavy atom. The SMILES string of the molecule is C[C@@H]1NC(=O)[C@@H](N(C)C(=O)[C@H](CCCCN)NC(=O)c2ccc(-c3ccc(Cl)cc3)cc2)c2ccc(O)c(c2)-c2cc(ccc2O)C[C@@H](C(=O)N[C@@H](C)C(=O)N(C)[C@@H](C)C(N)=O)NC1=O. The van der Waals surface area contributed by atoms with Crippen molar-refractivity contribution in [2.45, 2.75) is 82.7 Å². The van der Waals surface area contributed by atoms with E-state index in [2.05, 4.69) is 21.3 Å². The Hall–Kier alpha value is -6.98. The predicted molar refractivity (Wildman–Crippen MR) is 244 cm³/mol. The molecule has 4 aromatic carbocycles. The summed E-state index contributed by atoms with van der Waals surface area (Å²) in [5.74, 6) is -5.54. The van der Waals surface area contributed by atoms with Crippen molar-refractivity contribution >= 4 is 53.0 Å². The lowest BCUT2D eigenvalue weighted by atomic mass is 9.93. The van der Waals surface area contributed by atoms with Gasteiger partial charge in [-0.2, -0.15) is 0 Å². The second kappa shape index (κ2) is 21.6. The van der Waals surface area contributed by atoms with Gasteiger partial charge in [-0.25, -0.2) is 0 Å². The molecule has 0 spiro atoms. The first-order chi connectivity index (χ1) is 30.8. The summed E-state index contributed by atoms with van der Waals surface area (Å²) in [4.78, 5) is 97.5. The summed E-state index contributed by atoms with van der Waals surface area (Å²) >= 11 is 6.05. The number of nitrogens with two attached hydrogens (primary N) is 2. The van der Waals surface area contributed by atoms with E-state index in [1.54, 1.807) is 36.4 Å². The number of fused-ring (bicyclic) bond motifs is 5. The maximum absolute atomic E-state index is 14.6. The monoisotopic (exact) mass is 910 g/mol. The van der Waals surface area contributed by atoms with Gasteiger partial charge in [0.05, 0.1) is 0 Å². The van der Waals surface area contributed by atoms with Crippen molar-refractivity contribution in [1.29, 1.82) is 0 Å². The summed E-state index contributed by atoms with van der Waals surface area (Å²) in [6.45, 7) is 4.55. The molecule has 0 saturated carbocycles. The van der Waals surface area contributed by atoms with Crippen LogP contribution < -0.4 is 32.7 Å². The zero-order chi connectivity index (χ0) is 47.7. The first kappa shape index (κ1) is 49.0. The first-order valence-electron chi connectivity index (χ1n) is 21.1. The molecule has 4 aromatic rings. The number of benzene rings is 4. The van der Waals surface area contributed by atoms with E-state index < -0.39 is 77.6 Å². The molecule has 18 heteroatoms. The van der Waals surface area contributed by atoms with Gasteiger partial charge in [0.1, 0.15) is 47.8 Å². The van der Waals surface area contributed by atoms with Crippen LogP contribution >= 0.6 is 11.6 Å². The number of carbonyl (C=O) groups excluding carboxylic acids is 7. The quantitative estimate of drug-likeness (QED) is 0.0858. The Labute approximate surface area is 381 Å². The minimum absolute atomic E-state index is 0.0799.